The van der Waals surface area contributed by atoms with Crippen molar-refractivity contribution in [2.24, 2.45) is 7.05 Å². The van der Waals surface area contributed by atoms with Gasteiger partial charge in [-0.05, 0) is 38.1 Å². The smallest absolute Gasteiger partial charge is 0.329 e. The lowest BCUT2D eigenvalue weighted by Gasteiger charge is -2.27. The zero-order valence-electron chi connectivity index (χ0n) is 18.5. The Morgan fingerprint density at radius 3 is 2.62 bits per heavy atom. The summed E-state index contributed by atoms with van der Waals surface area (Å²) in [7, 11) is 3.00. The minimum atomic E-state index is -1.14. The Bertz CT molecular complexity index is 1350. The number of hydrogen-bond donors (Lipinski definition) is 1. The number of para-hydroxylation sites is 1. The molecule has 0 aliphatic heterocycles. The van der Waals surface area contributed by atoms with Crippen molar-refractivity contribution < 1.29 is 14.3 Å². The molecule has 0 amide bonds. The summed E-state index contributed by atoms with van der Waals surface area (Å²) >= 11 is 0. The summed E-state index contributed by atoms with van der Waals surface area (Å²) in [6, 6.07) is 14.9. The fraction of sp³-hybridized carbons (Fsp3) is 0.304. The summed E-state index contributed by atoms with van der Waals surface area (Å²) in [5.74, 6) is 1.16. The number of hydrogen-bond acceptors (Lipinski definition) is 7. The second-order valence-corrected chi connectivity index (χ2v) is 7.92. The Kier molecular flexibility index (Phi) is 5.67. The number of benzene rings is 2. The van der Waals surface area contributed by atoms with Gasteiger partial charge in [0.25, 0.3) is 5.56 Å². The molecule has 0 fully saturated rings. The van der Waals surface area contributed by atoms with Gasteiger partial charge in [0, 0.05) is 7.05 Å². The molecule has 1 atom stereocenters. The third-order valence-electron chi connectivity index (χ3n) is 5.48. The molecule has 2 heterocycles. The van der Waals surface area contributed by atoms with E-state index in [2.05, 4.69) is 15.5 Å². The number of ether oxygens (including phenoxy) is 2. The monoisotopic (exact) mass is 435 g/mol. The minimum Gasteiger partial charge on any atom is -0.491 e. The summed E-state index contributed by atoms with van der Waals surface area (Å²) in [5.41, 5.74) is 0.413. The summed E-state index contributed by atoms with van der Waals surface area (Å²) in [5, 5.41) is 12.3. The van der Waals surface area contributed by atoms with Crippen molar-refractivity contribution in [3.05, 3.63) is 70.3 Å². The first-order valence-corrected chi connectivity index (χ1v) is 10.2. The van der Waals surface area contributed by atoms with Crippen LogP contribution < -0.4 is 15.6 Å². The van der Waals surface area contributed by atoms with E-state index in [1.54, 1.807) is 14.0 Å². The molecule has 0 aliphatic carbocycles. The zero-order valence-corrected chi connectivity index (χ0v) is 18.5. The average molecular weight is 435 g/mol. The quantitative estimate of drug-likeness (QED) is 0.443. The van der Waals surface area contributed by atoms with Crippen LogP contribution in [-0.4, -0.2) is 44.4 Å². The molecule has 0 saturated carbocycles. The number of carbonyl (C=O) groups excluding carboxylic acids is 1. The van der Waals surface area contributed by atoms with Gasteiger partial charge in [-0.1, -0.05) is 29.8 Å². The first-order valence-electron chi connectivity index (χ1n) is 10.2. The van der Waals surface area contributed by atoms with Crippen LogP contribution in [0.5, 0.6) is 5.75 Å². The molecule has 4 aromatic rings. The van der Waals surface area contributed by atoms with E-state index in [1.165, 1.54) is 11.7 Å². The second kappa shape index (κ2) is 8.43. The van der Waals surface area contributed by atoms with Crippen molar-refractivity contribution in [3.8, 4) is 5.75 Å². The number of carbonyl (C=O) groups is 1. The lowest BCUT2D eigenvalue weighted by molar-refractivity contribution is -0.149. The Hall–Kier alpha value is -3.72. The van der Waals surface area contributed by atoms with Crippen LogP contribution in [0.1, 0.15) is 18.3 Å². The maximum atomic E-state index is 12.8. The lowest BCUT2D eigenvalue weighted by Crippen LogP contribution is -2.54. The molecule has 32 heavy (non-hydrogen) atoms. The number of nitrogens with one attached hydrogen (secondary N) is 1. The largest absolute Gasteiger partial charge is 0.491 e. The molecule has 2 aromatic heterocycles. The zero-order chi connectivity index (χ0) is 22.9. The SMILES string of the molecule is COC(=O)C(C)(COc1ccccc1)NCc1nnc2n(C)c(=O)c3cc(C)ccc3n12. The predicted octanol–water partition coefficient (Wildman–Crippen LogP) is 1.99. The molecule has 0 aliphatic rings. The van der Waals surface area contributed by atoms with Crippen LogP contribution in [0.3, 0.4) is 0 Å². The number of fused-ring (bicyclic) bond motifs is 3. The van der Waals surface area contributed by atoms with Gasteiger partial charge in [0.2, 0.25) is 5.78 Å². The van der Waals surface area contributed by atoms with Gasteiger partial charge in [0.1, 0.15) is 17.9 Å². The van der Waals surface area contributed by atoms with Crippen LogP contribution in [0, 0.1) is 6.92 Å². The number of methoxy groups -OCH3 is 1. The van der Waals surface area contributed by atoms with E-state index >= 15 is 0 Å². The second-order valence-electron chi connectivity index (χ2n) is 7.92. The van der Waals surface area contributed by atoms with Crippen LogP contribution in [0.2, 0.25) is 0 Å². The van der Waals surface area contributed by atoms with Gasteiger partial charge >= 0.3 is 5.97 Å². The number of nitrogens with zero attached hydrogens (tertiary/aromatic N) is 4. The van der Waals surface area contributed by atoms with Gasteiger partial charge < -0.3 is 9.47 Å². The Labute approximate surface area is 184 Å². The summed E-state index contributed by atoms with van der Waals surface area (Å²) in [4.78, 5) is 25.3. The number of esters is 1. The topological polar surface area (TPSA) is 99.8 Å². The van der Waals surface area contributed by atoms with E-state index in [-0.39, 0.29) is 18.7 Å². The van der Waals surface area contributed by atoms with Crippen LogP contribution >= 0.6 is 0 Å². The molecule has 0 bridgehead atoms. The first kappa shape index (κ1) is 21.5. The number of rotatable bonds is 7. The molecule has 9 heteroatoms. The van der Waals surface area contributed by atoms with Gasteiger partial charge in [-0.3, -0.25) is 19.1 Å². The van der Waals surface area contributed by atoms with Crippen molar-refractivity contribution in [3.63, 3.8) is 0 Å². The van der Waals surface area contributed by atoms with Gasteiger partial charge in [-0.2, -0.15) is 0 Å². The molecule has 0 radical (unpaired) electrons. The van der Waals surface area contributed by atoms with E-state index < -0.39 is 11.5 Å². The summed E-state index contributed by atoms with van der Waals surface area (Å²) < 4.78 is 14.1. The standard InChI is InChI=1S/C23H25N5O4/c1-15-10-11-18-17(12-15)20(29)27(3)22-26-25-19(28(18)22)13-24-23(2,21(30)31-4)14-32-16-8-6-5-7-9-16/h5-12,24H,13-14H2,1-4H3. The van der Waals surface area contributed by atoms with Crippen LogP contribution in [0.4, 0.5) is 0 Å². The fourth-order valence-corrected chi connectivity index (χ4v) is 3.60. The molecule has 1 unspecified atom stereocenters. The predicted molar refractivity (Wildman–Crippen MR) is 120 cm³/mol. The lowest BCUT2D eigenvalue weighted by atomic mass is 10.0. The van der Waals surface area contributed by atoms with Crippen molar-refractivity contribution in [1.82, 2.24) is 24.5 Å². The number of aryl methyl sites for hydroxylation is 2. The maximum Gasteiger partial charge on any atom is 0.329 e. The van der Waals surface area contributed by atoms with E-state index in [0.29, 0.717) is 28.3 Å². The highest BCUT2D eigenvalue weighted by molar-refractivity contribution is 5.81. The van der Waals surface area contributed by atoms with Crippen molar-refractivity contribution in [1.29, 1.82) is 0 Å². The molecule has 4 rings (SSSR count). The molecular formula is C23H25N5O4. The normalized spacial score (nSPS) is 13.2. The Morgan fingerprint density at radius 1 is 1.16 bits per heavy atom. The van der Waals surface area contributed by atoms with E-state index in [1.807, 2.05) is 59.9 Å². The molecule has 1 N–H and O–H groups in total. The van der Waals surface area contributed by atoms with Gasteiger partial charge in [0.15, 0.2) is 5.82 Å². The highest BCUT2D eigenvalue weighted by atomic mass is 16.5. The minimum absolute atomic E-state index is 0.0544. The fourth-order valence-electron chi connectivity index (χ4n) is 3.60. The molecule has 166 valence electrons. The van der Waals surface area contributed by atoms with Gasteiger partial charge in [-0.15, -0.1) is 10.2 Å². The number of aromatic nitrogens is 4. The van der Waals surface area contributed by atoms with Gasteiger partial charge in [-0.25, -0.2) is 4.79 Å². The van der Waals surface area contributed by atoms with E-state index in [4.69, 9.17) is 9.47 Å². The maximum absolute atomic E-state index is 12.8. The Morgan fingerprint density at radius 2 is 1.91 bits per heavy atom. The van der Waals surface area contributed by atoms with Crippen molar-refractivity contribution in [2.75, 3.05) is 13.7 Å². The highest BCUT2D eigenvalue weighted by Crippen LogP contribution is 2.18. The van der Waals surface area contributed by atoms with E-state index in [0.717, 1.165) is 5.56 Å². The van der Waals surface area contributed by atoms with E-state index in [9.17, 15) is 9.59 Å². The van der Waals surface area contributed by atoms with Crippen LogP contribution in [-0.2, 0) is 23.1 Å². The molecule has 0 saturated heterocycles. The molecule has 2 aromatic carbocycles. The van der Waals surface area contributed by atoms with Crippen LogP contribution in [0.15, 0.2) is 53.3 Å². The summed E-state index contributed by atoms with van der Waals surface area (Å²) in [6.07, 6.45) is 0. The Balaban J connectivity index is 1.68. The molecular weight excluding hydrogens is 410 g/mol. The first-order chi connectivity index (χ1) is 15.3. The van der Waals surface area contributed by atoms with Crippen LogP contribution in [0.25, 0.3) is 16.7 Å². The highest BCUT2D eigenvalue weighted by Gasteiger charge is 2.35. The molecule has 9 nitrogen and oxygen atoms in total. The van der Waals surface area contributed by atoms with Crippen molar-refractivity contribution >= 4 is 22.6 Å². The average Bonchev–Trinajstić information content (AvgIpc) is 3.24. The third-order valence-corrected chi connectivity index (χ3v) is 5.48. The third kappa shape index (κ3) is 3.82. The molecule has 0 spiro atoms. The van der Waals surface area contributed by atoms with Crippen molar-refractivity contribution in [2.45, 2.75) is 25.9 Å². The van der Waals surface area contributed by atoms with Gasteiger partial charge in [0.05, 0.1) is 24.6 Å². The summed E-state index contributed by atoms with van der Waals surface area (Å²) in [6.45, 7) is 3.90.